The number of nitrogens with zero attached hydrogens (tertiary/aromatic N) is 1. The Hall–Kier alpha value is -6.58. The van der Waals surface area contributed by atoms with Crippen molar-refractivity contribution >= 4 is 71.7 Å². The molecule has 2 aromatic heterocycles. The number of anilines is 3. The normalized spacial score (nSPS) is 11.7. The third kappa shape index (κ3) is 4.51. The molecule has 0 unspecified atom stereocenters. The van der Waals surface area contributed by atoms with Crippen molar-refractivity contribution in [3.05, 3.63) is 176 Å². The van der Waals surface area contributed by atoms with Crippen molar-refractivity contribution in [1.82, 2.24) is 0 Å². The molecule has 10 rings (SSSR count). The van der Waals surface area contributed by atoms with Crippen molar-refractivity contribution in [2.75, 3.05) is 4.90 Å². The Balaban J connectivity index is 1.10. The van der Waals surface area contributed by atoms with E-state index in [2.05, 4.69) is 157 Å². The summed E-state index contributed by atoms with van der Waals surface area (Å²) in [5, 5.41) is 6.97. The van der Waals surface area contributed by atoms with Gasteiger partial charge in [0.05, 0.1) is 0 Å². The summed E-state index contributed by atoms with van der Waals surface area (Å²) in [4.78, 5) is 2.32. The Labute approximate surface area is 282 Å². The van der Waals surface area contributed by atoms with Gasteiger partial charge in [-0.15, -0.1) is 0 Å². The van der Waals surface area contributed by atoms with Gasteiger partial charge in [0.15, 0.2) is 0 Å². The van der Waals surface area contributed by atoms with Crippen molar-refractivity contribution < 1.29 is 8.83 Å². The Morgan fingerprint density at radius 1 is 0.327 bits per heavy atom. The van der Waals surface area contributed by atoms with Gasteiger partial charge in [-0.05, 0) is 82.1 Å². The zero-order valence-corrected chi connectivity index (χ0v) is 26.5. The first-order valence-corrected chi connectivity index (χ1v) is 16.6. The monoisotopic (exact) mass is 627 g/mol. The van der Waals surface area contributed by atoms with Gasteiger partial charge in [-0.25, -0.2) is 0 Å². The zero-order chi connectivity index (χ0) is 32.3. The maximum Gasteiger partial charge on any atom is 0.143 e. The average Bonchev–Trinajstić information content (AvgIpc) is 3.74. The first-order valence-electron chi connectivity index (χ1n) is 16.6. The smallest absolute Gasteiger partial charge is 0.143 e. The van der Waals surface area contributed by atoms with Gasteiger partial charge in [0.1, 0.15) is 22.3 Å². The van der Waals surface area contributed by atoms with Gasteiger partial charge in [-0.2, -0.15) is 0 Å². The van der Waals surface area contributed by atoms with Crippen LogP contribution in [0, 0.1) is 0 Å². The second kappa shape index (κ2) is 11.0. The van der Waals surface area contributed by atoms with Crippen molar-refractivity contribution in [3.63, 3.8) is 0 Å². The molecule has 0 saturated carbocycles. The van der Waals surface area contributed by atoms with E-state index in [0.29, 0.717) is 0 Å². The molecule has 0 bridgehead atoms. The van der Waals surface area contributed by atoms with Gasteiger partial charge in [0.2, 0.25) is 0 Å². The summed E-state index contributed by atoms with van der Waals surface area (Å²) in [7, 11) is 0. The van der Waals surface area contributed by atoms with Crippen molar-refractivity contribution in [2.45, 2.75) is 0 Å². The van der Waals surface area contributed by atoms with Gasteiger partial charge in [0.25, 0.3) is 0 Å². The van der Waals surface area contributed by atoms with E-state index < -0.39 is 0 Å². The molecule has 0 radical (unpaired) electrons. The molecule has 0 amide bonds. The van der Waals surface area contributed by atoms with E-state index >= 15 is 0 Å². The van der Waals surface area contributed by atoms with E-state index in [1.54, 1.807) is 0 Å². The molecule has 0 aliphatic rings. The molecule has 0 atom stereocenters. The molecular weight excluding hydrogens is 599 g/mol. The highest BCUT2D eigenvalue weighted by Crippen LogP contribution is 2.41. The second-order valence-electron chi connectivity index (χ2n) is 12.5. The lowest BCUT2D eigenvalue weighted by molar-refractivity contribution is 0.669. The molecule has 49 heavy (non-hydrogen) atoms. The van der Waals surface area contributed by atoms with Crippen LogP contribution in [0.2, 0.25) is 0 Å². The van der Waals surface area contributed by atoms with Crippen molar-refractivity contribution in [1.29, 1.82) is 0 Å². The lowest BCUT2D eigenvalue weighted by Crippen LogP contribution is -2.09. The SMILES string of the molecule is c1ccc2c(-c3ccc(N(c4ccc(-c5cccc6c5oc5ccccc56)cc4)c4ccc5oc6ccccc6c5c4)cc3)cccc2c1. The summed E-state index contributed by atoms with van der Waals surface area (Å²) < 4.78 is 12.6. The van der Waals surface area contributed by atoms with E-state index in [4.69, 9.17) is 8.83 Å². The lowest BCUT2D eigenvalue weighted by atomic mass is 9.98. The minimum absolute atomic E-state index is 0.880. The summed E-state index contributed by atoms with van der Waals surface area (Å²) in [5.41, 5.74) is 11.4. The number of hydrogen-bond acceptors (Lipinski definition) is 3. The van der Waals surface area contributed by atoms with Crippen LogP contribution < -0.4 is 4.90 Å². The maximum absolute atomic E-state index is 6.38. The highest BCUT2D eigenvalue weighted by atomic mass is 16.3. The summed E-state index contributed by atoms with van der Waals surface area (Å²) in [6, 6.07) is 62.1. The molecule has 230 valence electrons. The van der Waals surface area contributed by atoms with E-state index in [-0.39, 0.29) is 0 Å². The number of para-hydroxylation sites is 3. The number of fused-ring (bicyclic) bond motifs is 7. The standard InChI is InChI=1S/C46H29NO2/c1-2-11-36-30(9-1)10-7-14-37(36)31-19-23-33(24-20-31)47(35-27-28-45-42(29-35)40-13-4-5-17-43(40)48-45)34-25-21-32(22-26-34)38-15-8-16-41-39-12-3-6-18-44(39)49-46(38)41/h1-29H. The van der Waals surface area contributed by atoms with Crippen LogP contribution in [0.4, 0.5) is 17.1 Å². The van der Waals surface area contributed by atoms with Gasteiger partial charge in [-0.1, -0.05) is 121 Å². The van der Waals surface area contributed by atoms with Crippen molar-refractivity contribution in [2.24, 2.45) is 0 Å². The van der Waals surface area contributed by atoms with Crippen molar-refractivity contribution in [3.8, 4) is 22.3 Å². The summed E-state index contributed by atoms with van der Waals surface area (Å²) in [5.74, 6) is 0. The molecule has 2 heterocycles. The van der Waals surface area contributed by atoms with Gasteiger partial charge in [-0.3, -0.25) is 0 Å². The van der Waals surface area contributed by atoms with Crippen LogP contribution in [0.1, 0.15) is 0 Å². The number of hydrogen-bond donors (Lipinski definition) is 0. The van der Waals surface area contributed by atoms with Crippen LogP contribution in [0.3, 0.4) is 0 Å². The lowest BCUT2D eigenvalue weighted by Gasteiger charge is -2.26. The molecule has 10 aromatic rings. The van der Waals surface area contributed by atoms with Crippen LogP contribution in [-0.4, -0.2) is 0 Å². The summed E-state index contributed by atoms with van der Waals surface area (Å²) in [6.45, 7) is 0. The largest absolute Gasteiger partial charge is 0.456 e. The van der Waals surface area contributed by atoms with Crippen LogP contribution in [0.5, 0.6) is 0 Å². The van der Waals surface area contributed by atoms with E-state index in [1.165, 1.54) is 21.9 Å². The molecule has 3 nitrogen and oxygen atoms in total. The first kappa shape index (κ1) is 27.5. The maximum atomic E-state index is 6.38. The predicted octanol–water partition coefficient (Wildman–Crippen LogP) is 13.4. The minimum Gasteiger partial charge on any atom is -0.456 e. The Bertz CT molecular complexity index is 2820. The second-order valence-corrected chi connectivity index (χ2v) is 12.5. The summed E-state index contributed by atoms with van der Waals surface area (Å²) >= 11 is 0. The number of benzene rings is 8. The Morgan fingerprint density at radius 2 is 0.837 bits per heavy atom. The van der Waals surface area contributed by atoms with Gasteiger partial charge < -0.3 is 13.7 Å². The molecular formula is C46H29NO2. The predicted molar refractivity (Wildman–Crippen MR) is 204 cm³/mol. The average molecular weight is 628 g/mol. The molecule has 0 spiro atoms. The van der Waals surface area contributed by atoms with Gasteiger partial charge in [0, 0.05) is 44.2 Å². The number of rotatable bonds is 5. The number of furan rings is 2. The van der Waals surface area contributed by atoms with Crippen LogP contribution in [0.25, 0.3) is 76.9 Å². The van der Waals surface area contributed by atoms with E-state index in [1.807, 2.05) is 24.3 Å². The molecule has 0 aliphatic carbocycles. The Kier molecular flexibility index (Phi) is 6.18. The molecule has 3 heteroatoms. The van der Waals surface area contributed by atoms with Crippen LogP contribution >= 0.6 is 0 Å². The first-order chi connectivity index (χ1) is 24.3. The topological polar surface area (TPSA) is 29.5 Å². The van der Waals surface area contributed by atoms with E-state index in [0.717, 1.165) is 72.1 Å². The molecule has 0 saturated heterocycles. The third-order valence-corrected chi connectivity index (χ3v) is 9.69. The molecule has 0 N–H and O–H groups in total. The summed E-state index contributed by atoms with van der Waals surface area (Å²) in [6.07, 6.45) is 0. The fraction of sp³-hybridized carbons (Fsp3) is 0. The third-order valence-electron chi connectivity index (χ3n) is 9.69. The zero-order valence-electron chi connectivity index (χ0n) is 26.5. The van der Waals surface area contributed by atoms with E-state index in [9.17, 15) is 0 Å². The molecule has 0 fully saturated rings. The fourth-order valence-corrected chi connectivity index (χ4v) is 7.33. The highest BCUT2D eigenvalue weighted by Gasteiger charge is 2.17. The fourth-order valence-electron chi connectivity index (χ4n) is 7.33. The van der Waals surface area contributed by atoms with Crippen LogP contribution in [-0.2, 0) is 0 Å². The quantitative estimate of drug-likeness (QED) is 0.190. The highest BCUT2D eigenvalue weighted by molar-refractivity contribution is 6.10. The van der Waals surface area contributed by atoms with Crippen LogP contribution in [0.15, 0.2) is 185 Å². The minimum atomic E-state index is 0.880. The molecule has 8 aromatic carbocycles. The van der Waals surface area contributed by atoms with Gasteiger partial charge >= 0.3 is 0 Å². The Morgan fingerprint density at radius 3 is 1.59 bits per heavy atom. The molecule has 0 aliphatic heterocycles.